The number of hydrogen-bond donors (Lipinski definition) is 4. The third-order valence-electron chi connectivity index (χ3n) is 3.89. The highest BCUT2D eigenvalue weighted by atomic mass is 16.6. The summed E-state index contributed by atoms with van der Waals surface area (Å²) in [6, 6.07) is 13.2. The molecule has 0 aromatic heterocycles. The minimum atomic E-state index is -0.599. The van der Waals surface area contributed by atoms with Crippen molar-refractivity contribution in [2.75, 3.05) is 22.5 Å². The molecule has 0 heterocycles. The lowest BCUT2D eigenvalue weighted by Crippen LogP contribution is -2.34. The van der Waals surface area contributed by atoms with Gasteiger partial charge in [0.1, 0.15) is 5.60 Å². The molecule has 2 aromatic carbocycles. The molecule has 32 heavy (non-hydrogen) atoms. The van der Waals surface area contributed by atoms with Gasteiger partial charge >= 0.3 is 6.09 Å². The molecule has 0 radical (unpaired) electrons. The van der Waals surface area contributed by atoms with Crippen molar-refractivity contribution in [1.29, 1.82) is 0 Å². The van der Waals surface area contributed by atoms with Gasteiger partial charge in [0.05, 0.1) is 0 Å². The molecule has 4 N–H and O–H groups in total. The number of carbonyl (C=O) groups excluding carboxylic acids is 4. The Hall–Kier alpha value is -3.88. The third kappa shape index (κ3) is 8.86. The van der Waals surface area contributed by atoms with Crippen LogP contribution in [0.3, 0.4) is 0 Å². The van der Waals surface area contributed by atoms with E-state index in [1.165, 1.54) is 6.92 Å². The van der Waals surface area contributed by atoms with Gasteiger partial charge in [0.2, 0.25) is 11.8 Å². The Labute approximate surface area is 186 Å². The van der Waals surface area contributed by atoms with Crippen LogP contribution in [0.15, 0.2) is 48.5 Å². The minimum Gasteiger partial charge on any atom is -0.444 e. The van der Waals surface area contributed by atoms with E-state index < -0.39 is 11.7 Å². The summed E-state index contributed by atoms with van der Waals surface area (Å²) in [6.07, 6.45) is -0.490. The molecule has 0 saturated heterocycles. The Bertz CT molecular complexity index is 981. The van der Waals surface area contributed by atoms with Crippen molar-refractivity contribution in [3.8, 4) is 0 Å². The summed E-state index contributed by atoms with van der Waals surface area (Å²) in [5.74, 6) is -0.823. The molecular weight excluding hydrogens is 412 g/mol. The first-order chi connectivity index (χ1) is 15.0. The van der Waals surface area contributed by atoms with E-state index in [0.717, 1.165) is 0 Å². The molecule has 0 atom stereocenters. The fraction of sp³-hybridized carbons (Fsp3) is 0.304. The zero-order chi connectivity index (χ0) is 23.7. The SMILES string of the molecule is CC(=O)Nc1cccc(C(=O)Nc2ccc(NC(=O)CCNC(=O)OC(C)(C)C)cc2)c1. The fourth-order valence-electron chi connectivity index (χ4n) is 2.60. The second-order valence-electron chi connectivity index (χ2n) is 8.02. The molecule has 9 nitrogen and oxygen atoms in total. The van der Waals surface area contributed by atoms with Gasteiger partial charge < -0.3 is 26.0 Å². The largest absolute Gasteiger partial charge is 0.444 e. The number of carbonyl (C=O) groups is 4. The number of hydrogen-bond acceptors (Lipinski definition) is 5. The van der Waals surface area contributed by atoms with Gasteiger partial charge in [-0.05, 0) is 63.2 Å². The van der Waals surface area contributed by atoms with Gasteiger partial charge in [-0.3, -0.25) is 14.4 Å². The number of rotatable bonds is 7. The van der Waals surface area contributed by atoms with Crippen LogP contribution in [-0.2, 0) is 14.3 Å². The van der Waals surface area contributed by atoms with Gasteiger partial charge in [0.25, 0.3) is 5.91 Å². The van der Waals surface area contributed by atoms with Crippen molar-refractivity contribution < 1.29 is 23.9 Å². The second-order valence-corrected chi connectivity index (χ2v) is 8.02. The molecule has 2 aromatic rings. The molecule has 2 rings (SSSR count). The molecular formula is C23H28N4O5. The van der Waals surface area contributed by atoms with Crippen LogP contribution in [0, 0.1) is 0 Å². The van der Waals surface area contributed by atoms with Crippen LogP contribution in [0.1, 0.15) is 44.5 Å². The monoisotopic (exact) mass is 440 g/mol. The Morgan fingerprint density at radius 2 is 1.47 bits per heavy atom. The van der Waals surface area contributed by atoms with Crippen LogP contribution < -0.4 is 21.3 Å². The van der Waals surface area contributed by atoms with Crippen LogP contribution in [0.2, 0.25) is 0 Å². The van der Waals surface area contributed by atoms with Crippen molar-refractivity contribution in [1.82, 2.24) is 5.32 Å². The van der Waals surface area contributed by atoms with Gasteiger partial charge in [0, 0.05) is 42.5 Å². The Morgan fingerprint density at radius 3 is 2.06 bits per heavy atom. The normalized spacial score (nSPS) is 10.6. The molecule has 170 valence electrons. The summed E-state index contributed by atoms with van der Waals surface area (Å²) in [4.78, 5) is 47.2. The van der Waals surface area contributed by atoms with Crippen LogP contribution in [0.4, 0.5) is 21.9 Å². The number of anilines is 3. The first-order valence-corrected chi connectivity index (χ1v) is 10.1. The minimum absolute atomic E-state index is 0.0857. The summed E-state index contributed by atoms with van der Waals surface area (Å²) in [5.41, 5.74) is 1.43. The summed E-state index contributed by atoms with van der Waals surface area (Å²) >= 11 is 0. The lowest BCUT2D eigenvalue weighted by molar-refractivity contribution is -0.116. The Balaban J connectivity index is 1.83. The summed E-state index contributed by atoms with van der Waals surface area (Å²) in [6.45, 7) is 6.81. The maximum Gasteiger partial charge on any atom is 0.407 e. The van der Waals surface area contributed by atoms with Crippen molar-refractivity contribution in [3.63, 3.8) is 0 Å². The lowest BCUT2D eigenvalue weighted by Gasteiger charge is -2.19. The zero-order valence-electron chi connectivity index (χ0n) is 18.6. The molecule has 0 aliphatic heterocycles. The van der Waals surface area contributed by atoms with E-state index in [-0.39, 0.29) is 30.7 Å². The zero-order valence-corrected chi connectivity index (χ0v) is 18.6. The fourth-order valence-corrected chi connectivity index (χ4v) is 2.60. The number of nitrogens with one attached hydrogen (secondary N) is 4. The third-order valence-corrected chi connectivity index (χ3v) is 3.89. The second kappa shape index (κ2) is 10.9. The molecule has 0 fully saturated rings. The highest BCUT2D eigenvalue weighted by Gasteiger charge is 2.16. The van der Waals surface area contributed by atoms with Crippen molar-refractivity contribution in [2.24, 2.45) is 0 Å². The molecule has 0 unspecified atom stereocenters. The number of benzene rings is 2. The van der Waals surface area contributed by atoms with Crippen molar-refractivity contribution in [3.05, 3.63) is 54.1 Å². The number of amides is 4. The van der Waals surface area contributed by atoms with Crippen LogP contribution in [0.5, 0.6) is 0 Å². The van der Waals surface area contributed by atoms with E-state index in [1.807, 2.05) is 0 Å². The van der Waals surface area contributed by atoms with E-state index in [1.54, 1.807) is 69.3 Å². The summed E-state index contributed by atoms with van der Waals surface area (Å²) in [5, 5.41) is 10.6. The molecule has 0 bridgehead atoms. The maximum absolute atomic E-state index is 12.4. The number of alkyl carbamates (subject to hydrolysis) is 1. The smallest absolute Gasteiger partial charge is 0.407 e. The first kappa shape index (κ1) is 24.4. The quantitative estimate of drug-likeness (QED) is 0.522. The molecule has 0 aliphatic rings. The van der Waals surface area contributed by atoms with Crippen LogP contribution in [-0.4, -0.2) is 36.0 Å². The van der Waals surface area contributed by atoms with E-state index >= 15 is 0 Å². The van der Waals surface area contributed by atoms with Gasteiger partial charge in [0.15, 0.2) is 0 Å². The predicted octanol–water partition coefficient (Wildman–Crippen LogP) is 3.75. The first-order valence-electron chi connectivity index (χ1n) is 10.1. The van der Waals surface area contributed by atoms with Gasteiger partial charge in [-0.2, -0.15) is 0 Å². The van der Waals surface area contributed by atoms with Crippen molar-refractivity contribution in [2.45, 2.75) is 39.7 Å². The van der Waals surface area contributed by atoms with E-state index in [0.29, 0.717) is 22.6 Å². The van der Waals surface area contributed by atoms with Crippen LogP contribution in [0.25, 0.3) is 0 Å². The van der Waals surface area contributed by atoms with E-state index in [2.05, 4.69) is 21.3 Å². The summed E-state index contributed by atoms with van der Waals surface area (Å²) < 4.78 is 5.10. The van der Waals surface area contributed by atoms with Crippen molar-refractivity contribution >= 4 is 40.9 Å². The van der Waals surface area contributed by atoms with Gasteiger partial charge in [-0.25, -0.2) is 4.79 Å². The molecule has 9 heteroatoms. The van der Waals surface area contributed by atoms with Gasteiger partial charge in [-0.1, -0.05) is 6.07 Å². The Morgan fingerprint density at radius 1 is 0.844 bits per heavy atom. The topological polar surface area (TPSA) is 126 Å². The van der Waals surface area contributed by atoms with E-state index in [4.69, 9.17) is 4.74 Å². The predicted molar refractivity (Wildman–Crippen MR) is 123 cm³/mol. The average Bonchev–Trinajstić information content (AvgIpc) is 2.67. The lowest BCUT2D eigenvalue weighted by atomic mass is 10.1. The standard InChI is InChI=1S/C23H28N4O5/c1-15(28)25-19-7-5-6-16(14-19)21(30)27-18-10-8-17(9-11-18)26-20(29)12-13-24-22(31)32-23(2,3)4/h5-11,14H,12-13H2,1-4H3,(H,24,31)(H,25,28)(H,26,29)(H,27,30). The van der Waals surface area contributed by atoms with Crippen LogP contribution >= 0.6 is 0 Å². The molecule has 0 aliphatic carbocycles. The van der Waals surface area contributed by atoms with E-state index in [9.17, 15) is 19.2 Å². The average molecular weight is 441 g/mol. The highest BCUT2D eigenvalue weighted by Crippen LogP contribution is 2.16. The Kier molecular flexibility index (Phi) is 8.34. The molecule has 4 amide bonds. The molecule has 0 saturated carbocycles. The summed E-state index contributed by atoms with van der Waals surface area (Å²) in [7, 11) is 0. The van der Waals surface area contributed by atoms with Gasteiger partial charge in [-0.15, -0.1) is 0 Å². The maximum atomic E-state index is 12.4. The molecule has 0 spiro atoms. The number of ether oxygens (including phenoxy) is 1. The highest BCUT2D eigenvalue weighted by molar-refractivity contribution is 6.05.